The molecule has 1 fully saturated rings. The molecule has 1 saturated carbocycles. The second kappa shape index (κ2) is 8.91. The summed E-state index contributed by atoms with van der Waals surface area (Å²) in [7, 11) is 1.61. The van der Waals surface area contributed by atoms with Gasteiger partial charge in [0.2, 0.25) is 0 Å². The van der Waals surface area contributed by atoms with E-state index in [9.17, 15) is 9.59 Å². The van der Waals surface area contributed by atoms with E-state index >= 15 is 0 Å². The first-order valence-electron chi connectivity index (χ1n) is 10.1. The molecule has 2 heterocycles. The predicted molar refractivity (Wildman–Crippen MR) is 113 cm³/mol. The van der Waals surface area contributed by atoms with Gasteiger partial charge in [0.1, 0.15) is 11.5 Å². The minimum absolute atomic E-state index is 0.00698. The molecule has 5 nitrogen and oxygen atoms in total. The third-order valence-corrected chi connectivity index (χ3v) is 6.68. The summed E-state index contributed by atoms with van der Waals surface area (Å²) in [6.07, 6.45) is 7.88. The molecule has 0 spiro atoms. The Bertz CT molecular complexity index is 893. The van der Waals surface area contributed by atoms with Crippen LogP contribution in [-0.2, 0) is 15.3 Å². The van der Waals surface area contributed by atoms with E-state index in [1.165, 1.54) is 29.5 Å². The monoisotopic (exact) mass is 411 g/mol. The van der Waals surface area contributed by atoms with E-state index in [1.807, 2.05) is 36.4 Å². The molecule has 1 aromatic carbocycles. The van der Waals surface area contributed by atoms with Crippen LogP contribution in [0, 0.1) is 0 Å². The van der Waals surface area contributed by atoms with Crippen LogP contribution in [0.25, 0.3) is 5.57 Å². The summed E-state index contributed by atoms with van der Waals surface area (Å²) in [5, 5.41) is 0. The number of carbonyl (C=O) groups is 2. The van der Waals surface area contributed by atoms with E-state index in [0.717, 1.165) is 42.8 Å². The van der Waals surface area contributed by atoms with Crippen LogP contribution in [0.5, 0.6) is 5.75 Å². The summed E-state index contributed by atoms with van der Waals surface area (Å²) in [6.45, 7) is 0. The van der Waals surface area contributed by atoms with E-state index in [4.69, 9.17) is 9.15 Å². The maximum Gasteiger partial charge on any atom is 0.268 e. The lowest BCUT2D eigenvalue weighted by molar-refractivity contribution is -0.139. The Balaban J connectivity index is 1.67. The Kier molecular flexibility index (Phi) is 6.09. The summed E-state index contributed by atoms with van der Waals surface area (Å²) in [4.78, 5) is 28.8. The molecular weight excluding hydrogens is 386 g/mol. The number of nitrogens with zero attached hydrogens (tertiary/aromatic N) is 1. The van der Waals surface area contributed by atoms with Crippen molar-refractivity contribution in [2.75, 3.05) is 7.11 Å². The SMILES string of the molecule is COc1ccc(C2=C(SCc3ccco3)C(=O)N(C3CCCCCC3)C2=O)cc1. The van der Waals surface area contributed by atoms with Gasteiger partial charge in [-0.05, 0) is 42.7 Å². The molecule has 2 aliphatic rings. The van der Waals surface area contributed by atoms with E-state index in [-0.39, 0.29) is 17.9 Å². The zero-order valence-electron chi connectivity index (χ0n) is 16.6. The number of ether oxygens (including phenoxy) is 1. The molecule has 29 heavy (non-hydrogen) atoms. The van der Waals surface area contributed by atoms with Crippen LogP contribution in [-0.4, -0.2) is 29.9 Å². The van der Waals surface area contributed by atoms with Crippen molar-refractivity contribution in [2.45, 2.75) is 50.3 Å². The van der Waals surface area contributed by atoms with Crippen molar-refractivity contribution < 1.29 is 18.7 Å². The average Bonchev–Trinajstić information content (AvgIpc) is 3.24. The molecule has 2 aromatic rings. The summed E-state index contributed by atoms with van der Waals surface area (Å²) in [5.41, 5.74) is 1.25. The molecular formula is C23H25NO4S. The Morgan fingerprint density at radius 1 is 1.03 bits per heavy atom. The van der Waals surface area contributed by atoms with E-state index in [2.05, 4.69) is 0 Å². The van der Waals surface area contributed by atoms with Gasteiger partial charge in [0, 0.05) is 6.04 Å². The number of rotatable bonds is 6. The second-order valence-corrected chi connectivity index (χ2v) is 8.41. The molecule has 0 unspecified atom stereocenters. The molecule has 6 heteroatoms. The molecule has 1 aromatic heterocycles. The first-order chi connectivity index (χ1) is 14.2. The van der Waals surface area contributed by atoms with E-state index in [0.29, 0.717) is 16.2 Å². The highest BCUT2D eigenvalue weighted by atomic mass is 32.2. The minimum atomic E-state index is -0.172. The van der Waals surface area contributed by atoms with Gasteiger partial charge in [-0.25, -0.2) is 0 Å². The Hall–Kier alpha value is -2.47. The molecule has 152 valence electrons. The van der Waals surface area contributed by atoms with Crippen molar-refractivity contribution in [3.05, 3.63) is 58.9 Å². The summed E-state index contributed by atoms with van der Waals surface area (Å²) < 4.78 is 10.7. The van der Waals surface area contributed by atoms with Crippen LogP contribution in [0.1, 0.15) is 49.8 Å². The number of thioether (sulfide) groups is 1. The Morgan fingerprint density at radius 2 is 1.76 bits per heavy atom. The van der Waals surface area contributed by atoms with Gasteiger partial charge in [0.05, 0.1) is 29.6 Å². The number of carbonyl (C=O) groups excluding carboxylic acids is 2. The Morgan fingerprint density at radius 3 is 2.38 bits per heavy atom. The third kappa shape index (κ3) is 4.13. The van der Waals surface area contributed by atoms with Crippen molar-refractivity contribution in [3.63, 3.8) is 0 Å². The first kappa shape index (κ1) is 19.8. The van der Waals surface area contributed by atoms with Crippen molar-refractivity contribution in [3.8, 4) is 5.75 Å². The minimum Gasteiger partial charge on any atom is -0.497 e. The number of imide groups is 1. The lowest BCUT2D eigenvalue weighted by atomic mass is 10.0. The Labute approximate surface area is 175 Å². The fourth-order valence-electron chi connectivity index (χ4n) is 4.06. The predicted octanol–water partition coefficient (Wildman–Crippen LogP) is 5.02. The lowest BCUT2D eigenvalue weighted by Crippen LogP contribution is -2.40. The number of furan rings is 1. The highest BCUT2D eigenvalue weighted by molar-refractivity contribution is 8.03. The first-order valence-corrected chi connectivity index (χ1v) is 11.1. The largest absolute Gasteiger partial charge is 0.497 e. The van der Waals surface area contributed by atoms with E-state index in [1.54, 1.807) is 13.4 Å². The van der Waals surface area contributed by atoms with Gasteiger partial charge in [-0.2, -0.15) is 0 Å². The number of amides is 2. The van der Waals surface area contributed by atoms with Gasteiger partial charge in [-0.15, -0.1) is 11.8 Å². The van der Waals surface area contributed by atoms with Gasteiger partial charge in [-0.3, -0.25) is 14.5 Å². The molecule has 0 N–H and O–H groups in total. The van der Waals surface area contributed by atoms with Crippen LogP contribution in [0.2, 0.25) is 0 Å². The number of methoxy groups -OCH3 is 1. The zero-order valence-corrected chi connectivity index (χ0v) is 17.4. The zero-order chi connectivity index (χ0) is 20.2. The van der Waals surface area contributed by atoms with Gasteiger partial charge in [0.25, 0.3) is 11.8 Å². The van der Waals surface area contributed by atoms with Gasteiger partial charge >= 0.3 is 0 Å². The van der Waals surface area contributed by atoms with Crippen LogP contribution >= 0.6 is 11.8 Å². The van der Waals surface area contributed by atoms with E-state index < -0.39 is 0 Å². The maximum atomic E-state index is 13.4. The average molecular weight is 412 g/mol. The summed E-state index contributed by atoms with van der Waals surface area (Å²) in [5.74, 6) is 1.68. The van der Waals surface area contributed by atoms with Gasteiger partial charge < -0.3 is 9.15 Å². The molecule has 4 rings (SSSR count). The number of hydrogen-bond acceptors (Lipinski definition) is 5. The molecule has 0 bridgehead atoms. The fraction of sp³-hybridized carbons (Fsp3) is 0.391. The van der Waals surface area contributed by atoms with Crippen molar-refractivity contribution in [1.82, 2.24) is 4.90 Å². The maximum absolute atomic E-state index is 13.4. The molecule has 1 aliphatic heterocycles. The molecule has 2 amide bonds. The fourth-order valence-corrected chi connectivity index (χ4v) is 5.08. The third-order valence-electron chi connectivity index (χ3n) is 5.58. The quantitative estimate of drug-likeness (QED) is 0.493. The summed E-state index contributed by atoms with van der Waals surface area (Å²) >= 11 is 1.38. The van der Waals surface area contributed by atoms with Gasteiger partial charge in [0.15, 0.2) is 0 Å². The molecule has 0 saturated heterocycles. The van der Waals surface area contributed by atoms with Crippen LogP contribution in [0.4, 0.5) is 0 Å². The summed E-state index contributed by atoms with van der Waals surface area (Å²) in [6, 6.07) is 11.0. The standard InChI is InChI=1S/C23H25NO4S/c1-27-18-12-10-16(11-13-18)20-21(29-15-19-9-6-14-28-19)23(26)24(22(20)25)17-7-4-2-3-5-8-17/h6,9-14,17H,2-5,7-8,15H2,1H3. The van der Waals surface area contributed by atoms with Crippen LogP contribution in [0.3, 0.4) is 0 Å². The normalized spacial score (nSPS) is 18.4. The second-order valence-electron chi connectivity index (χ2n) is 7.43. The molecule has 0 atom stereocenters. The van der Waals surface area contributed by atoms with Crippen molar-refractivity contribution >= 4 is 29.1 Å². The number of hydrogen-bond donors (Lipinski definition) is 0. The topological polar surface area (TPSA) is 59.8 Å². The highest BCUT2D eigenvalue weighted by Gasteiger charge is 2.42. The van der Waals surface area contributed by atoms with Crippen molar-refractivity contribution in [2.24, 2.45) is 0 Å². The van der Waals surface area contributed by atoms with Crippen molar-refractivity contribution in [1.29, 1.82) is 0 Å². The van der Waals surface area contributed by atoms with Crippen LogP contribution in [0.15, 0.2) is 52.0 Å². The smallest absolute Gasteiger partial charge is 0.268 e. The highest BCUT2D eigenvalue weighted by Crippen LogP contribution is 2.40. The van der Waals surface area contributed by atoms with Gasteiger partial charge in [-0.1, -0.05) is 37.8 Å². The number of benzene rings is 1. The molecule has 0 radical (unpaired) electrons. The van der Waals surface area contributed by atoms with Crippen LogP contribution < -0.4 is 4.74 Å². The molecule has 1 aliphatic carbocycles. The lowest BCUT2D eigenvalue weighted by Gasteiger charge is -2.25.